The molecule has 0 saturated carbocycles. The fraction of sp³-hybridized carbons (Fsp3) is 0.273. The number of carboxylic acid groups (broad SMARTS) is 1. The Morgan fingerprint density at radius 3 is 2.76 bits per heavy atom. The Hall–Kier alpha value is -0.810. The van der Waals surface area contributed by atoms with Gasteiger partial charge in [0.25, 0.3) is 0 Å². The lowest BCUT2D eigenvalue weighted by Gasteiger charge is -2.02. The van der Waals surface area contributed by atoms with Crippen LogP contribution >= 0.6 is 38.6 Å². The van der Waals surface area contributed by atoms with Gasteiger partial charge in [0, 0.05) is 18.3 Å². The van der Waals surface area contributed by atoms with E-state index in [0.717, 1.165) is 20.7 Å². The van der Waals surface area contributed by atoms with Crippen LogP contribution in [0.2, 0.25) is 0 Å². The number of aryl methyl sites for hydroxylation is 1. The summed E-state index contributed by atoms with van der Waals surface area (Å²) in [7, 11) is -3.54. The smallest absolute Gasteiger partial charge is 0.355 e. The first kappa shape index (κ1) is 16.6. The number of hydrogen-bond acceptors (Lipinski definition) is 6. The Balaban J connectivity index is 1.97. The molecule has 0 amide bonds. The Bertz CT molecular complexity index is 747. The molecule has 0 radical (unpaired) electrons. The summed E-state index contributed by atoms with van der Waals surface area (Å²) in [6, 6.07) is 1.60. The number of thiophene rings is 1. The zero-order chi connectivity index (χ0) is 15.6. The van der Waals surface area contributed by atoms with E-state index in [2.05, 4.69) is 25.6 Å². The molecule has 2 N–H and O–H groups in total. The molecule has 10 heteroatoms. The number of aromatic carboxylic acids is 1. The molecule has 0 aliphatic rings. The molecule has 2 aromatic rings. The summed E-state index contributed by atoms with van der Waals surface area (Å²) < 4.78 is 27.7. The standard InChI is InChI=1S/C11H11BrN2O4S3/c1-6-4-9(20-10(6)12)21(17,18)13-3-2-8-14-7(5-19-8)11(15)16/h4-5,13H,2-3H2,1H3,(H,15,16). The van der Waals surface area contributed by atoms with Crippen LogP contribution in [-0.2, 0) is 16.4 Å². The van der Waals surface area contributed by atoms with Crippen molar-refractivity contribution in [3.05, 3.63) is 31.5 Å². The van der Waals surface area contributed by atoms with Gasteiger partial charge >= 0.3 is 5.97 Å². The molecule has 114 valence electrons. The summed E-state index contributed by atoms with van der Waals surface area (Å²) in [6.45, 7) is 1.99. The highest BCUT2D eigenvalue weighted by Crippen LogP contribution is 2.30. The predicted molar refractivity (Wildman–Crippen MR) is 84.7 cm³/mol. The number of thiazole rings is 1. The third kappa shape index (κ3) is 4.10. The zero-order valence-electron chi connectivity index (χ0n) is 10.8. The molecule has 0 aromatic carbocycles. The number of hydrogen-bond donors (Lipinski definition) is 2. The van der Waals surface area contributed by atoms with Crippen molar-refractivity contribution in [1.82, 2.24) is 9.71 Å². The van der Waals surface area contributed by atoms with Gasteiger partial charge in [0.05, 0.1) is 8.79 Å². The molecule has 0 spiro atoms. The van der Waals surface area contributed by atoms with Crippen molar-refractivity contribution in [1.29, 1.82) is 0 Å². The lowest BCUT2D eigenvalue weighted by atomic mass is 10.4. The first-order valence-corrected chi connectivity index (χ1v) is 9.70. The van der Waals surface area contributed by atoms with E-state index >= 15 is 0 Å². The van der Waals surface area contributed by atoms with Crippen LogP contribution in [0.3, 0.4) is 0 Å². The van der Waals surface area contributed by atoms with Crippen LogP contribution in [0.4, 0.5) is 0 Å². The van der Waals surface area contributed by atoms with E-state index in [1.807, 2.05) is 6.92 Å². The predicted octanol–water partition coefficient (Wildman–Crippen LogP) is 2.49. The van der Waals surface area contributed by atoms with Gasteiger partial charge in [-0.3, -0.25) is 0 Å². The van der Waals surface area contributed by atoms with E-state index in [0.29, 0.717) is 11.4 Å². The number of sulfonamides is 1. The van der Waals surface area contributed by atoms with Crippen LogP contribution < -0.4 is 4.72 Å². The van der Waals surface area contributed by atoms with Crippen LogP contribution in [-0.4, -0.2) is 31.0 Å². The van der Waals surface area contributed by atoms with Crippen LogP contribution in [0.25, 0.3) is 0 Å². The number of carbonyl (C=O) groups is 1. The van der Waals surface area contributed by atoms with Crippen LogP contribution in [0.15, 0.2) is 19.4 Å². The fourth-order valence-corrected chi connectivity index (χ4v) is 5.53. The SMILES string of the molecule is Cc1cc(S(=O)(=O)NCCc2nc(C(=O)O)cs2)sc1Br. The molecule has 6 nitrogen and oxygen atoms in total. The van der Waals surface area contributed by atoms with Gasteiger partial charge in [0.1, 0.15) is 4.21 Å². The van der Waals surface area contributed by atoms with Crippen molar-refractivity contribution in [3.8, 4) is 0 Å². The first-order chi connectivity index (χ1) is 9.79. The second-order valence-corrected chi connectivity index (χ2v) is 9.41. The van der Waals surface area contributed by atoms with Crippen LogP contribution in [0, 0.1) is 6.92 Å². The van der Waals surface area contributed by atoms with Crippen molar-refractivity contribution in [2.45, 2.75) is 17.6 Å². The maximum Gasteiger partial charge on any atom is 0.355 e. The van der Waals surface area contributed by atoms with E-state index in [-0.39, 0.29) is 16.4 Å². The molecule has 0 aliphatic carbocycles. The van der Waals surface area contributed by atoms with E-state index in [9.17, 15) is 13.2 Å². The number of carboxylic acids is 1. The zero-order valence-corrected chi connectivity index (χ0v) is 14.8. The van der Waals surface area contributed by atoms with Gasteiger partial charge < -0.3 is 5.11 Å². The van der Waals surface area contributed by atoms with Crippen molar-refractivity contribution < 1.29 is 18.3 Å². The van der Waals surface area contributed by atoms with Crippen molar-refractivity contribution >= 4 is 54.6 Å². The second-order valence-electron chi connectivity index (χ2n) is 4.10. The topological polar surface area (TPSA) is 96.4 Å². The highest BCUT2D eigenvalue weighted by atomic mass is 79.9. The second kappa shape index (κ2) is 6.53. The molecule has 0 bridgehead atoms. The number of aromatic nitrogens is 1. The maximum absolute atomic E-state index is 12.1. The van der Waals surface area contributed by atoms with Gasteiger partial charge in [0.2, 0.25) is 10.0 Å². The quantitative estimate of drug-likeness (QED) is 0.762. The maximum atomic E-state index is 12.1. The van der Waals surface area contributed by atoms with E-state index in [1.165, 1.54) is 16.7 Å². The molecule has 0 unspecified atom stereocenters. The van der Waals surface area contributed by atoms with Crippen molar-refractivity contribution in [2.24, 2.45) is 0 Å². The lowest BCUT2D eigenvalue weighted by molar-refractivity contribution is 0.0691. The van der Waals surface area contributed by atoms with E-state index in [4.69, 9.17) is 5.11 Å². The molecule has 0 aliphatic heterocycles. The van der Waals surface area contributed by atoms with Gasteiger partial charge in [0.15, 0.2) is 5.69 Å². The highest BCUT2D eigenvalue weighted by Gasteiger charge is 2.18. The van der Waals surface area contributed by atoms with Gasteiger partial charge in [-0.05, 0) is 34.5 Å². The summed E-state index contributed by atoms with van der Waals surface area (Å²) in [5, 5.41) is 10.8. The molecule has 2 aromatic heterocycles. The minimum Gasteiger partial charge on any atom is -0.476 e. The minimum absolute atomic E-state index is 0.0179. The largest absolute Gasteiger partial charge is 0.476 e. The molecule has 0 saturated heterocycles. The monoisotopic (exact) mass is 410 g/mol. The van der Waals surface area contributed by atoms with E-state index in [1.54, 1.807) is 6.07 Å². The third-order valence-electron chi connectivity index (χ3n) is 2.50. The Morgan fingerprint density at radius 1 is 1.52 bits per heavy atom. The molecule has 0 fully saturated rings. The van der Waals surface area contributed by atoms with Gasteiger partial charge in [-0.25, -0.2) is 22.9 Å². The number of nitrogens with zero attached hydrogens (tertiary/aromatic N) is 1. The van der Waals surface area contributed by atoms with Gasteiger partial charge in [-0.15, -0.1) is 22.7 Å². The molecule has 0 atom stereocenters. The average Bonchev–Trinajstić information content (AvgIpc) is 2.98. The number of rotatable bonds is 6. The average molecular weight is 411 g/mol. The van der Waals surface area contributed by atoms with Crippen LogP contribution in [0.5, 0.6) is 0 Å². The van der Waals surface area contributed by atoms with Crippen molar-refractivity contribution in [2.75, 3.05) is 6.54 Å². The molecule has 2 heterocycles. The van der Waals surface area contributed by atoms with Gasteiger partial charge in [-0.1, -0.05) is 0 Å². The Labute approximate surface area is 138 Å². The fourth-order valence-electron chi connectivity index (χ4n) is 1.45. The highest BCUT2D eigenvalue weighted by molar-refractivity contribution is 9.11. The Morgan fingerprint density at radius 2 is 2.24 bits per heavy atom. The number of halogens is 1. The normalized spacial score (nSPS) is 11.7. The van der Waals surface area contributed by atoms with Crippen molar-refractivity contribution in [3.63, 3.8) is 0 Å². The first-order valence-electron chi connectivity index (χ1n) is 5.73. The number of nitrogens with one attached hydrogen (secondary N) is 1. The molecule has 2 rings (SSSR count). The summed E-state index contributed by atoms with van der Waals surface area (Å²) in [5.41, 5.74) is 0.849. The third-order valence-corrected chi connectivity index (χ3v) is 7.48. The summed E-state index contributed by atoms with van der Waals surface area (Å²) in [5.74, 6) is -1.09. The van der Waals surface area contributed by atoms with Gasteiger partial charge in [-0.2, -0.15) is 0 Å². The lowest BCUT2D eigenvalue weighted by Crippen LogP contribution is -2.25. The molecular formula is C11H11BrN2O4S3. The van der Waals surface area contributed by atoms with Crippen LogP contribution in [0.1, 0.15) is 21.1 Å². The summed E-state index contributed by atoms with van der Waals surface area (Å²) in [6.07, 6.45) is 0.350. The molecule has 21 heavy (non-hydrogen) atoms. The summed E-state index contributed by atoms with van der Waals surface area (Å²) in [4.78, 5) is 14.6. The molecular weight excluding hydrogens is 400 g/mol. The summed E-state index contributed by atoms with van der Waals surface area (Å²) >= 11 is 5.64. The minimum atomic E-state index is -3.54. The Kier molecular flexibility index (Phi) is 5.15. The van der Waals surface area contributed by atoms with E-state index < -0.39 is 16.0 Å².